The van der Waals surface area contributed by atoms with E-state index in [1.165, 1.54) is 0 Å². The first-order valence-electron chi connectivity index (χ1n) is 3.12. The minimum atomic E-state index is 0.407. The van der Waals surface area contributed by atoms with E-state index in [-0.39, 0.29) is 0 Å². The summed E-state index contributed by atoms with van der Waals surface area (Å²) in [4.78, 5) is 3.78. The van der Waals surface area contributed by atoms with E-state index < -0.39 is 0 Å². The van der Waals surface area contributed by atoms with E-state index >= 15 is 0 Å². The molecule has 4 heteroatoms. The lowest BCUT2D eigenvalue weighted by atomic mass is 10.5. The summed E-state index contributed by atoms with van der Waals surface area (Å²) in [6.45, 7) is 1.62. The molecule has 0 atom stereocenters. The summed E-state index contributed by atoms with van der Waals surface area (Å²) in [5.74, 6) is 5.04. The smallest absolute Gasteiger partial charge is 0.116 e. The first kappa shape index (κ1) is 9.42. The van der Waals surface area contributed by atoms with Gasteiger partial charge in [-0.25, -0.2) is 0 Å². The van der Waals surface area contributed by atoms with Crippen LogP contribution in [-0.2, 0) is 0 Å². The highest BCUT2D eigenvalue weighted by molar-refractivity contribution is 5.76. The van der Waals surface area contributed by atoms with Crippen LogP contribution in [0.2, 0.25) is 0 Å². The molecule has 60 valence electrons. The van der Waals surface area contributed by atoms with E-state index in [2.05, 4.69) is 15.9 Å². The maximum atomic E-state index is 4.92. The van der Waals surface area contributed by atoms with Gasteiger partial charge >= 0.3 is 0 Å². The second-order valence-electron chi connectivity index (χ2n) is 1.80. The molecule has 1 rings (SSSR count). The van der Waals surface area contributed by atoms with Gasteiger partial charge in [-0.3, -0.25) is 4.98 Å². The van der Waals surface area contributed by atoms with Crippen molar-refractivity contribution in [1.29, 1.82) is 0 Å². The summed E-state index contributed by atoms with van der Waals surface area (Å²) in [5, 5.41) is 3.08. The average Bonchev–Trinajstić information content (AvgIpc) is 2.09. The molecule has 0 spiro atoms. The van der Waals surface area contributed by atoms with Crippen molar-refractivity contribution >= 4 is 5.84 Å². The Morgan fingerprint density at radius 3 is 1.82 bits per heavy atom. The zero-order chi connectivity index (χ0) is 8.53. The van der Waals surface area contributed by atoms with Crippen molar-refractivity contribution in [3.05, 3.63) is 30.6 Å². The van der Waals surface area contributed by atoms with E-state index in [9.17, 15) is 0 Å². The third-order valence-corrected chi connectivity index (χ3v) is 0.770. The lowest BCUT2D eigenvalue weighted by Gasteiger charge is -1.75. The van der Waals surface area contributed by atoms with E-state index in [0.717, 1.165) is 0 Å². The summed E-state index contributed by atoms with van der Waals surface area (Å²) >= 11 is 0. The molecular weight excluding hydrogens is 140 g/mol. The van der Waals surface area contributed by atoms with Gasteiger partial charge < -0.3 is 11.6 Å². The van der Waals surface area contributed by atoms with Crippen molar-refractivity contribution in [2.45, 2.75) is 6.92 Å². The Hall–Kier alpha value is -1.58. The third kappa shape index (κ3) is 8.42. The molecule has 0 saturated heterocycles. The van der Waals surface area contributed by atoms with Gasteiger partial charge in [0.1, 0.15) is 5.84 Å². The van der Waals surface area contributed by atoms with Crippen LogP contribution in [0.15, 0.2) is 35.7 Å². The Bertz CT molecular complexity index is 164. The van der Waals surface area contributed by atoms with Crippen molar-refractivity contribution in [3.63, 3.8) is 0 Å². The summed E-state index contributed by atoms with van der Waals surface area (Å²) in [6, 6.07) is 5.72. The molecule has 11 heavy (non-hydrogen) atoms. The first-order valence-corrected chi connectivity index (χ1v) is 3.12. The molecule has 0 fully saturated rings. The molecular formula is C7H12N4. The molecule has 0 unspecified atom stereocenters. The standard InChI is InChI=1S/C5H5N.C2H7N3/c1-2-4-6-5-3-1;1-2(3)5-4/h1-5H;4H2,1H3,(H2,3,5). The molecule has 0 radical (unpaired) electrons. The lowest BCUT2D eigenvalue weighted by Crippen LogP contribution is -2.07. The Labute approximate surface area is 65.9 Å². The fourth-order valence-electron chi connectivity index (χ4n) is 0.313. The number of hydrazone groups is 1. The highest BCUT2D eigenvalue weighted by Crippen LogP contribution is 1.73. The Balaban J connectivity index is 0.000000187. The van der Waals surface area contributed by atoms with Crippen molar-refractivity contribution in [3.8, 4) is 0 Å². The van der Waals surface area contributed by atoms with Crippen LogP contribution >= 0.6 is 0 Å². The van der Waals surface area contributed by atoms with Gasteiger partial charge in [0.05, 0.1) is 0 Å². The Kier molecular flexibility index (Phi) is 5.60. The van der Waals surface area contributed by atoms with Crippen molar-refractivity contribution in [2.75, 3.05) is 0 Å². The molecule has 1 heterocycles. The van der Waals surface area contributed by atoms with Crippen LogP contribution in [0, 0.1) is 0 Å². The summed E-state index contributed by atoms with van der Waals surface area (Å²) < 4.78 is 0. The topological polar surface area (TPSA) is 77.3 Å². The van der Waals surface area contributed by atoms with Gasteiger partial charge in [0.2, 0.25) is 0 Å². The van der Waals surface area contributed by atoms with E-state index in [4.69, 9.17) is 5.73 Å². The Morgan fingerprint density at radius 2 is 1.73 bits per heavy atom. The largest absolute Gasteiger partial charge is 0.386 e. The number of nitrogens with zero attached hydrogens (tertiary/aromatic N) is 2. The SMILES string of the molecule is CC(N)=NN.c1ccncc1. The molecule has 0 amide bonds. The number of hydrogen-bond acceptors (Lipinski definition) is 3. The molecule has 0 aliphatic carbocycles. The molecule has 0 saturated carbocycles. The average molecular weight is 152 g/mol. The number of amidine groups is 1. The number of pyridine rings is 1. The predicted octanol–water partition coefficient (Wildman–Crippen LogP) is 0.319. The molecule has 0 aliphatic rings. The van der Waals surface area contributed by atoms with Gasteiger partial charge in [-0.1, -0.05) is 6.07 Å². The maximum Gasteiger partial charge on any atom is 0.116 e. The zero-order valence-electron chi connectivity index (χ0n) is 6.44. The predicted molar refractivity (Wildman–Crippen MR) is 45.7 cm³/mol. The number of hydrogen-bond donors (Lipinski definition) is 2. The highest BCUT2D eigenvalue weighted by Gasteiger charge is 1.62. The number of aromatic nitrogens is 1. The van der Waals surface area contributed by atoms with E-state index in [0.29, 0.717) is 5.84 Å². The summed E-state index contributed by atoms with van der Waals surface area (Å²) in [6.07, 6.45) is 3.50. The number of rotatable bonds is 0. The van der Waals surface area contributed by atoms with Crippen molar-refractivity contribution < 1.29 is 0 Å². The second-order valence-corrected chi connectivity index (χ2v) is 1.80. The minimum absolute atomic E-state index is 0.407. The quantitative estimate of drug-likeness (QED) is 0.243. The van der Waals surface area contributed by atoms with Gasteiger partial charge in [-0.2, -0.15) is 5.10 Å². The van der Waals surface area contributed by atoms with Crippen LogP contribution in [0.25, 0.3) is 0 Å². The highest BCUT2D eigenvalue weighted by atomic mass is 15.1. The zero-order valence-corrected chi connectivity index (χ0v) is 6.44. The van der Waals surface area contributed by atoms with Gasteiger partial charge in [0.15, 0.2) is 0 Å². The number of nitrogens with two attached hydrogens (primary N) is 2. The molecule has 4 nitrogen and oxygen atoms in total. The lowest BCUT2D eigenvalue weighted by molar-refractivity contribution is 1.22. The van der Waals surface area contributed by atoms with Gasteiger partial charge in [-0.05, 0) is 19.1 Å². The maximum absolute atomic E-state index is 4.92. The molecule has 4 N–H and O–H groups in total. The van der Waals surface area contributed by atoms with Crippen LogP contribution < -0.4 is 11.6 Å². The van der Waals surface area contributed by atoms with Crippen LogP contribution in [0.3, 0.4) is 0 Å². The normalized spacial score (nSPS) is 9.73. The van der Waals surface area contributed by atoms with Crippen LogP contribution in [0.5, 0.6) is 0 Å². The third-order valence-electron chi connectivity index (χ3n) is 0.770. The molecule has 0 aliphatic heterocycles. The van der Waals surface area contributed by atoms with Gasteiger partial charge in [0.25, 0.3) is 0 Å². The molecule has 1 aromatic rings. The van der Waals surface area contributed by atoms with Crippen molar-refractivity contribution in [1.82, 2.24) is 4.98 Å². The second kappa shape index (κ2) is 6.54. The first-order chi connectivity index (χ1) is 5.27. The summed E-state index contributed by atoms with van der Waals surface area (Å²) in [5.41, 5.74) is 4.92. The minimum Gasteiger partial charge on any atom is -0.386 e. The fourth-order valence-corrected chi connectivity index (χ4v) is 0.313. The van der Waals surface area contributed by atoms with Crippen LogP contribution in [-0.4, -0.2) is 10.8 Å². The fraction of sp³-hybridized carbons (Fsp3) is 0.143. The molecule has 1 aromatic heterocycles. The monoisotopic (exact) mass is 152 g/mol. The molecule has 0 bridgehead atoms. The van der Waals surface area contributed by atoms with Crippen molar-refractivity contribution in [2.24, 2.45) is 16.7 Å². The Morgan fingerprint density at radius 1 is 1.27 bits per heavy atom. The van der Waals surface area contributed by atoms with E-state index in [1.807, 2.05) is 18.2 Å². The van der Waals surface area contributed by atoms with E-state index in [1.54, 1.807) is 19.3 Å². The summed E-state index contributed by atoms with van der Waals surface area (Å²) in [7, 11) is 0. The van der Waals surface area contributed by atoms with Crippen LogP contribution in [0.1, 0.15) is 6.92 Å². The van der Waals surface area contributed by atoms with Gasteiger partial charge in [-0.15, -0.1) is 0 Å². The molecule has 0 aromatic carbocycles. The van der Waals surface area contributed by atoms with Crippen LogP contribution in [0.4, 0.5) is 0 Å². The van der Waals surface area contributed by atoms with Gasteiger partial charge in [0, 0.05) is 12.4 Å².